The highest BCUT2D eigenvalue weighted by Crippen LogP contribution is 2.41. The number of fused-ring (bicyclic) bond motifs is 1. The molecule has 1 saturated heterocycles. The van der Waals surface area contributed by atoms with E-state index < -0.39 is 0 Å². The van der Waals surface area contributed by atoms with Gasteiger partial charge in [-0.15, -0.1) is 0 Å². The fourth-order valence-corrected chi connectivity index (χ4v) is 4.87. The monoisotopic (exact) mass is 417 g/mol. The third-order valence-corrected chi connectivity index (χ3v) is 6.58. The van der Waals surface area contributed by atoms with Crippen LogP contribution in [0.15, 0.2) is 58.4 Å². The molecule has 3 aromatic rings. The predicted octanol–water partition coefficient (Wildman–Crippen LogP) is 4.30. The van der Waals surface area contributed by atoms with Gasteiger partial charge in [-0.1, -0.05) is 17.3 Å². The van der Waals surface area contributed by atoms with Crippen LogP contribution in [0.1, 0.15) is 42.1 Å². The number of furan rings is 1. The molecule has 1 aliphatic heterocycles. The Morgan fingerprint density at radius 2 is 1.81 bits per heavy atom. The van der Waals surface area contributed by atoms with Crippen molar-refractivity contribution in [2.75, 3.05) is 26.2 Å². The Hall–Kier alpha value is -2.96. The first-order valence-corrected chi connectivity index (χ1v) is 11.0. The lowest BCUT2D eigenvalue weighted by Gasteiger charge is -2.30. The molecule has 3 heterocycles. The number of aliphatic hydroxyl groups excluding tert-OH is 1. The normalized spacial score (nSPS) is 18.5. The number of pyridine rings is 1. The highest BCUT2D eigenvalue weighted by Gasteiger charge is 2.26. The number of benzene rings is 1. The summed E-state index contributed by atoms with van der Waals surface area (Å²) in [5, 5.41) is 21.9. The topological polar surface area (TPSA) is 82.1 Å². The minimum Gasteiger partial charge on any atom is -0.460 e. The second kappa shape index (κ2) is 8.65. The summed E-state index contributed by atoms with van der Waals surface area (Å²) in [6.45, 7) is 2.91. The zero-order chi connectivity index (χ0) is 21.2. The molecule has 1 aliphatic carbocycles. The van der Waals surface area contributed by atoms with E-state index in [4.69, 9.17) is 4.42 Å². The highest BCUT2D eigenvalue weighted by atomic mass is 16.4. The molecule has 0 saturated carbocycles. The molecular formula is C25H27N3O3. The van der Waals surface area contributed by atoms with E-state index in [-0.39, 0.29) is 6.61 Å². The summed E-state index contributed by atoms with van der Waals surface area (Å²) in [6.07, 6.45) is 7.33. The van der Waals surface area contributed by atoms with E-state index in [1.165, 1.54) is 5.56 Å². The lowest BCUT2D eigenvalue weighted by Crippen LogP contribution is -2.34. The van der Waals surface area contributed by atoms with Crippen LogP contribution in [-0.2, 0) is 6.42 Å². The van der Waals surface area contributed by atoms with Crippen molar-refractivity contribution >= 4 is 5.71 Å². The van der Waals surface area contributed by atoms with Gasteiger partial charge in [0.2, 0.25) is 0 Å². The highest BCUT2D eigenvalue weighted by molar-refractivity contribution is 6.04. The smallest absolute Gasteiger partial charge is 0.142 e. The molecule has 0 spiro atoms. The standard InChI is InChI=1S/C25H27N3O3/c29-14-13-28-11-7-18(8-12-28)24-16-22(17-5-9-26-10-6-17)25(31-24)20-1-3-21-19(15-20)2-4-23(21)27-30/h1,3,5-6,9-10,15-16,18,29-30H,2,4,7-8,11-14H2. The Morgan fingerprint density at radius 3 is 2.55 bits per heavy atom. The van der Waals surface area contributed by atoms with Gasteiger partial charge >= 0.3 is 0 Å². The number of hydrogen-bond donors (Lipinski definition) is 2. The number of rotatable bonds is 5. The van der Waals surface area contributed by atoms with Crippen molar-refractivity contribution in [2.24, 2.45) is 5.16 Å². The van der Waals surface area contributed by atoms with Crippen molar-refractivity contribution in [1.82, 2.24) is 9.88 Å². The van der Waals surface area contributed by atoms with Gasteiger partial charge in [0.1, 0.15) is 11.5 Å². The van der Waals surface area contributed by atoms with E-state index in [9.17, 15) is 10.3 Å². The number of aliphatic hydroxyl groups is 1. The van der Waals surface area contributed by atoms with Crippen molar-refractivity contribution in [3.8, 4) is 22.5 Å². The molecule has 0 atom stereocenters. The molecule has 2 N–H and O–H groups in total. The minimum atomic E-state index is 0.211. The van der Waals surface area contributed by atoms with Gasteiger partial charge in [0, 0.05) is 41.5 Å². The molecule has 1 aromatic carbocycles. The van der Waals surface area contributed by atoms with Crippen LogP contribution in [0.25, 0.3) is 22.5 Å². The summed E-state index contributed by atoms with van der Waals surface area (Å²) in [7, 11) is 0. The molecule has 2 aliphatic rings. The summed E-state index contributed by atoms with van der Waals surface area (Å²) in [5.74, 6) is 2.30. The molecule has 0 radical (unpaired) electrons. The second-order valence-electron chi connectivity index (χ2n) is 8.39. The average molecular weight is 418 g/mol. The van der Waals surface area contributed by atoms with Crippen LogP contribution in [0, 0.1) is 0 Å². The van der Waals surface area contributed by atoms with Gasteiger partial charge in [0.15, 0.2) is 0 Å². The number of oxime groups is 1. The summed E-state index contributed by atoms with van der Waals surface area (Å²) in [4.78, 5) is 6.48. The maximum Gasteiger partial charge on any atom is 0.142 e. The van der Waals surface area contributed by atoms with Crippen LogP contribution in [0.2, 0.25) is 0 Å². The van der Waals surface area contributed by atoms with Crippen LogP contribution in [0.3, 0.4) is 0 Å². The first-order valence-electron chi connectivity index (χ1n) is 11.0. The number of hydrogen-bond acceptors (Lipinski definition) is 6. The molecule has 6 heteroatoms. The van der Waals surface area contributed by atoms with E-state index >= 15 is 0 Å². The predicted molar refractivity (Wildman–Crippen MR) is 120 cm³/mol. The van der Waals surface area contributed by atoms with E-state index in [1.807, 2.05) is 30.6 Å². The van der Waals surface area contributed by atoms with Gasteiger partial charge in [-0.2, -0.15) is 0 Å². The van der Waals surface area contributed by atoms with Crippen LogP contribution in [-0.4, -0.2) is 52.2 Å². The third-order valence-electron chi connectivity index (χ3n) is 6.58. The van der Waals surface area contributed by atoms with E-state index in [2.05, 4.69) is 33.2 Å². The first kappa shape index (κ1) is 20.0. The molecule has 6 nitrogen and oxygen atoms in total. The molecule has 31 heavy (non-hydrogen) atoms. The van der Waals surface area contributed by atoms with E-state index in [0.717, 1.165) is 84.8 Å². The number of nitrogens with zero attached hydrogens (tertiary/aromatic N) is 3. The Morgan fingerprint density at radius 1 is 1.00 bits per heavy atom. The van der Waals surface area contributed by atoms with E-state index in [0.29, 0.717) is 5.92 Å². The zero-order valence-electron chi connectivity index (χ0n) is 17.5. The molecule has 0 bridgehead atoms. The van der Waals surface area contributed by atoms with Gasteiger partial charge in [0.25, 0.3) is 0 Å². The Labute approximate surface area is 181 Å². The lowest BCUT2D eigenvalue weighted by atomic mass is 9.93. The number of likely N-dealkylation sites (tertiary alicyclic amines) is 1. The third kappa shape index (κ3) is 3.89. The molecule has 1 fully saturated rings. The molecule has 2 aromatic heterocycles. The maximum absolute atomic E-state index is 9.24. The number of aromatic nitrogens is 1. The average Bonchev–Trinajstić information content (AvgIpc) is 3.44. The summed E-state index contributed by atoms with van der Waals surface area (Å²) < 4.78 is 6.53. The number of aryl methyl sites for hydroxylation is 1. The van der Waals surface area contributed by atoms with Crippen molar-refractivity contribution in [3.63, 3.8) is 0 Å². The SMILES string of the molecule is OCCN1CCC(c2cc(-c3ccncc3)c(-c3ccc4c(c3)CCC4=NO)o2)CC1. The summed E-state index contributed by atoms with van der Waals surface area (Å²) in [6, 6.07) is 12.5. The number of piperidine rings is 1. The van der Waals surface area contributed by atoms with Gasteiger partial charge in [-0.25, -0.2) is 0 Å². The van der Waals surface area contributed by atoms with Crippen LogP contribution in [0.4, 0.5) is 0 Å². The molecule has 0 amide bonds. The van der Waals surface area contributed by atoms with E-state index in [1.54, 1.807) is 0 Å². The fraction of sp³-hybridized carbons (Fsp3) is 0.360. The van der Waals surface area contributed by atoms with Crippen molar-refractivity contribution in [1.29, 1.82) is 0 Å². The lowest BCUT2D eigenvalue weighted by molar-refractivity contribution is 0.159. The van der Waals surface area contributed by atoms with Crippen molar-refractivity contribution in [2.45, 2.75) is 31.6 Å². The van der Waals surface area contributed by atoms with Gasteiger partial charge in [0.05, 0.1) is 12.3 Å². The molecular weight excluding hydrogens is 390 g/mol. The van der Waals surface area contributed by atoms with Crippen LogP contribution >= 0.6 is 0 Å². The first-order chi connectivity index (χ1) is 15.3. The Bertz CT molecular complexity index is 1080. The quantitative estimate of drug-likeness (QED) is 0.478. The molecule has 0 unspecified atom stereocenters. The summed E-state index contributed by atoms with van der Waals surface area (Å²) >= 11 is 0. The van der Waals surface area contributed by atoms with Crippen LogP contribution < -0.4 is 0 Å². The zero-order valence-corrected chi connectivity index (χ0v) is 17.5. The second-order valence-corrected chi connectivity index (χ2v) is 8.39. The molecule has 160 valence electrons. The van der Waals surface area contributed by atoms with Crippen LogP contribution in [0.5, 0.6) is 0 Å². The van der Waals surface area contributed by atoms with Gasteiger partial charge in [-0.3, -0.25) is 4.98 Å². The summed E-state index contributed by atoms with van der Waals surface area (Å²) in [5.41, 5.74) is 6.21. The van der Waals surface area contributed by atoms with Gasteiger partial charge in [-0.05, 0) is 74.2 Å². The van der Waals surface area contributed by atoms with Crippen molar-refractivity contribution in [3.05, 3.63) is 65.7 Å². The minimum absolute atomic E-state index is 0.211. The van der Waals surface area contributed by atoms with Gasteiger partial charge < -0.3 is 19.6 Å². The number of β-amino-alcohol motifs (C(OH)–C–C–N with tert-alkyl or cyclic N) is 1. The van der Waals surface area contributed by atoms with Crippen molar-refractivity contribution < 1.29 is 14.7 Å². The maximum atomic E-state index is 9.24. The Kier molecular flexibility index (Phi) is 5.57. The molecule has 5 rings (SSSR count). The fourth-order valence-electron chi connectivity index (χ4n) is 4.87. The largest absolute Gasteiger partial charge is 0.460 e. The Balaban J connectivity index is 1.51.